The first-order valence-corrected chi connectivity index (χ1v) is 6.27. The second-order valence-corrected chi connectivity index (χ2v) is 4.46. The van der Waals surface area contributed by atoms with Crippen LogP contribution in [0.1, 0.15) is 11.1 Å². The Balaban J connectivity index is 1.91. The number of anilines is 1. The molecule has 0 radical (unpaired) electrons. The summed E-state index contributed by atoms with van der Waals surface area (Å²) in [4.78, 5) is 11.7. The lowest BCUT2D eigenvalue weighted by molar-refractivity contribution is -0.118. The lowest BCUT2D eigenvalue weighted by atomic mass is 10.2. The quantitative estimate of drug-likeness (QED) is 0.938. The van der Waals surface area contributed by atoms with E-state index in [0.29, 0.717) is 11.3 Å². The molecule has 2 aromatic carbocycles. The van der Waals surface area contributed by atoms with Crippen molar-refractivity contribution in [3.8, 4) is 11.8 Å². The fourth-order valence-electron chi connectivity index (χ4n) is 1.68. The number of amides is 1. The zero-order chi connectivity index (χ0) is 15.2. The molecule has 0 aromatic heterocycles. The van der Waals surface area contributed by atoms with Gasteiger partial charge in [-0.1, -0.05) is 6.07 Å². The topological polar surface area (TPSA) is 62.1 Å². The summed E-state index contributed by atoms with van der Waals surface area (Å²) in [5.74, 6) is -0.475. The summed E-state index contributed by atoms with van der Waals surface area (Å²) in [6, 6.07) is 12.9. The molecule has 2 aromatic rings. The smallest absolute Gasteiger partial charge is 0.262 e. The Bertz CT molecular complexity index is 690. The van der Waals surface area contributed by atoms with Gasteiger partial charge in [0.15, 0.2) is 6.61 Å². The predicted octanol–water partition coefficient (Wildman–Crippen LogP) is 3.02. The number of nitriles is 1. The van der Waals surface area contributed by atoms with Gasteiger partial charge in [-0.05, 0) is 48.9 Å². The molecular formula is C16H13FN2O2. The van der Waals surface area contributed by atoms with Crippen molar-refractivity contribution in [3.05, 3.63) is 59.4 Å². The minimum absolute atomic E-state index is 0.119. The Labute approximate surface area is 121 Å². The summed E-state index contributed by atoms with van der Waals surface area (Å²) in [5.41, 5.74) is 1.40. The van der Waals surface area contributed by atoms with Crippen LogP contribution in [0.5, 0.6) is 5.75 Å². The minimum Gasteiger partial charge on any atom is -0.484 e. The van der Waals surface area contributed by atoms with Gasteiger partial charge in [-0.3, -0.25) is 4.79 Å². The molecule has 0 aliphatic rings. The van der Waals surface area contributed by atoms with Crippen LogP contribution in [0.4, 0.5) is 10.1 Å². The summed E-state index contributed by atoms with van der Waals surface area (Å²) in [6.45, 7) is 1.53. The molecule has 2 rings (SSSR count). The maximum Gasteiger partial charge on any atom is 0.262 e. The molecular weight excluding hydrogens is 271 g/mol. The van der Waals surface area contributed by atoms with Crippen LogP contribution in [0.2, 0.25) is 0 Å². The van der Waals surface area contributed by atoms with E-state index in [1.54, 1.807) is 37.3 Å². The lowest BCUT2D eigenvalue weighted by Crippen LogP contribution is -2.20. The Morgan fingerprint density at radius 2 is 2.00 bits per heavy atom. The van der Waals surface area contributed by atoms with Crippen molar-refractivity contribution in [1.29, 1.82) is 5.26 Å². The Kier molecular flexibility index (Phi) is 4.52. The first kappa shape index (κ1) is 14.5. The molecule has 4 nitrogen and oxygen atoms in total. The molecule has 0 saturated carbocycles. The standard InChI is InChI=1S/C16H13FN2O2/c1-11-2-7-15(14(17)8-11)19-16(20)10-21-13-5-3-12(9-18)4-6-13/h2-8H,10H2,1H3,(H,19,20). The van der Waals surface area contributed by atoms with Crippen LogP contribution < -0.4 is 10.1 Å². The summed E-state index contributed by atoms with van der Waals surface area (Å²) >= 11 is 0. The molecule has 0 saturated heterocycles. The first-order valence-electron chi connectivity index (χ1n) is 6.27. The maximum atomic E-state index is 13.6. The third-order valence-corrected chi connectivity index (χ3v) is 2.75. The van der Waals surface area contributed by atoms with Gasteiger partial charge in [0.1, 0.15) is 11.6 Å². The second-order valence-electron chi connectivity index (χ2n) is 4.46. The van der Waals surface area contributed by atoms with Gasteiger partial charge in [-0.2, -0.15) is 5.26 Å². The number of hydrogen-bond donors (Lipinski definition) is 1. The summed E-state index contributed by atoms with van der Waals surface area (Å²) in [6.07, 6.45) is 0. The molecule has 0 aliphatic heterocycles. The van der Waals surface area contributed by atoms with Crippen LogP contribution in [-0.2, 0) is 4.79 Å². The number of benzene rings is 2. The van der Waals surface area contributed by atoms with Gasteiger partial charge in [0, 0.05) is 0 Å². The SMILES string of the molecule is Cc1ccc(NC(=O)COc2ccc(C#N)cc2)c(F)c1. The molecule has 0 unspecified atom stereocenters. The largest absolute Gasteiger partial charge is 0.484 e. The molecule has 5 heteroatoms. The van der Waals surface area contributed by atoms with Gasteiger partial charge in [-0.15, -0.1) is 0 Å². The van der Waals surface area contributed by atoms with Crippen molar-refractivity contribution in [2.75, 3.05) is 11.9 Å². The van der Waals surface area contributed by atoms with E-state index in [4.69, 9.17) is 10.00 Å². The minimum atomic E-state index is -0.485. The summed E-state index contributed by atoms with van der Waals surface area (Å²) in [5, 5.41) is 11.1. The molecule has 0 fully saturated rings. The van der Waals surface area contributed by atoms with E-state index in [1.165, 1.54) is 12.1 Å². The van der Waals surface area contributed by atoms with Crippen LogP contribution in [0.15, 0.2) is 42.5 Å². The van der Waals surface area contributed by atoms with Crippen molar-refractivity contribution in [2.24, 2.45) is 0 Å². The number of nitrogens with zero attached hydrogens (tertiary/aromatic N) is 1. The lowest BCUT2D eigenvalue weighted by Gasteiger charge is -2.08. The zero-order valence-corrected chi connectivity index (χ0v) is 11.4. The third kappa shape index (κ3) is 4.05. The number of carbonyl (C=O) groups is 1. The highest BCUT2D eigenvalue weighted by molar-refractivity contribution is 5.92. The van der Waals surface area contributed by atoms with Crippen molar-refractivity contribution < 1.29 is 13.9 Å². The van der Waals surface area contributed by atoms with Crippen molar-refractivity contribution in [1.82, 2.24) is 0 Å². The van der Waals surface area contributed by atoms with Crippen molar-refractivity contribution in [2.45, 2.75) is 6.92 Å². The Morgan fingerprint density at radius 3 is 2.62 bits per heavy atom. The third-order valence-electron chi connectivity index (χ3n) is 2.75. The van der Waals surface area contributed by atoms with Crippen molar-refractivity contribution in [3.63, 3.8) is 0 Å². The van der Waals surface area contributed by atoms with Crippen LogP contribution >= 0.6 is 0 Å². The summed E-state index contributed by atoms with van der Waals surface area (Å²) < 4.78 is 18.8. The van der Waals surface area contributed by atoms with Gasteiger partial charge < -0.3 is 10.1 Å². The Morgan fingerprint density at radius 1 is 1.29 bits per heavy atom. The highest BCUT2D eigenvalue weighted by Crippen LogP contribution is 2.15. The van der Waals surface area contributed by atoms with E-state index in [1.807, 2.05) is 6.07 Å². The first-order chi connectivity index (χ1) is 10.1. The highest BCUT2D eigenvalue weighted by atomic mass is 19.1. The van der Waals surface area contributed by atoms with Crippen molar-refractivity contribution >= 4 is 11.6 Å². The Hall–Kier alpha value is -2.87. The average molecular weight is 284 g/mol. The molecule has 0 heterocycles. The van der Waals surface area contributed by atoms with Crippen LogP contribution in [0.25, 0.3) is 0 Å². The van der Waals surface area contributed by atoms with Gasteiger partial charge in [-0.25, -0.2) is 4.39 Å². The monoisotopic (exact) mass is 284 g/mol. The van der Waals surface area contributed by atoms with E-state index in [0.717, 1.165) is 5.56 Å². The highest BCUT2D eigenvalue weighted by Gasteiger charge is 2.08. The van der Waals surface area contributed by atoms with E-state index < -0.39 is 11.7 Å². The molecule has 1 N–H and O–H groups in total. The van der Waals surface area contributed by atoms with E-state index in [-0.39, 0.29) is 12.3 Å². The number of hydrogen-bond acceptors (Lipinski definition) is 3. The number of ether oxygens (including phenoxy) is 1. The number of aryl methyl sites for hydroxylation is 1. The van der Waals surface area contributed by atoms with E-state index >= 15 is 0 Å². The normalized spacial score (nSPS) is 9.76. The van der Waals surface area contributed by atoms with E-state index in [9.17, 15) is 9.18 Å². The maximum absolute atomic E-state index is 13.6. The van der Waals surface area contributed by atoms with Crippen LogP contribution in [0.3, 0.4) is 0 Å². The molecule has 0 aliphatic carbocycles. The second kappa shape index (κ2) is 6.53. The predicted molar refractivity (Wildman–Crippen MR) is 76.4 cm³/mol. The van der Waals surface area contributed by atoms with Gasteiger partial charge >= 0.3 is 0 Å². The van der Waals surface area contributed by atoms with Gasteiger partial charge in [0.05, 0.1) is 17.3 Å². The summed E-state index contributed by atoms with van der Waals surface area (Å²) in [7, 11) is 0. The van der Waals surface area contributed by atoms with Gasteiger partial charge in [0.2, 0.25) is 0 Å². The zero-order valence-electron chi connectivity index (χ0n) is 11.4. The molecule has 0 spiro atoms. The molecule has 106 valence electrons. The molecule has 21 heavy (non-hydrogen) atoms. The molecule has 1 amide bonds. The fourth-order valence-corrected chi connectivity index (χ4v) is 1.68. The molecule has 0 bridgehead atoms. The number of carbonyl (C=O) groups excluding carboxylic acids is 1. The van der Waals surface area contributed by atoms with Crippen LogP contribution in [-0.4, -0.2) is 12.5 Å². The van der Waals surface area contributed by atoms with Crippen LogP contribution in [0, 0.1) is 24.1 Å². The average Bonchev–Trinajstić information content (AvgIpc) is 2.48. The number of rotatable bonds is 4. The van der Waals surface area contributed by atoms with E-state index in [2.05, 4.69) is 5.32 Å². The van der Waals surface area contributed by atoms with Gasteiger partial charge in [0.25, 0.3) is 5.91 Å². The fraction of sp³-hybridized carbons (Fsp3) is 0.125. The molecule has 0 atom stereocenters. The number of halogens is 1. The number of nitrogens with one attached hydrogen (secondary N) is 1.